The van der Waals surface area contributed by atoms with E-state index in [1.807, 2.05) is 36.4 Å². The van der Waals surface area contributed by atoms with Crippen LogP contribution in [0.3, 0.4) is 0 Å². The van der Waals surface area contributed by atoms with Gasteiger partial charge < -0.3 is 9.84 Å². The topological polar surface area (TPSA) is 104 Å². The van der Waals surface area contributed by atoms with Crippen molar-refractivity contribution in [1.82, 2.24) is 4.90 Å². The highest BCUT2D eigenvalue weighted by Crippen LogP contribution is 2.65. The van der Waals surface area contributed by atoms with Crippen LogP contribution in [0, 0.1) is 23.7 Å². The summed E-state index contributed by atoms with van der Waals surface area (Å²) < 4.78 is 5.90. The van der Waals surface area contributed by atoms with Crippen molar-refractivity contribution in [3.8, 4) is 11.5 Å². The first-order valence-electron chi connectivity index (χ1n) is 15.0. The summed E-state index contributed by atoms with van der Waals surface area (Å²) >= 11 is 9.83. The Morgan fingerprint density at radius 2 is 1.73 bits per heavy atom. The van der Waals surface area contributed by atoms with Crippen molar-refractivity contribution in [2.24, 2.45) is 23.7 Å². The highest BCUT2D eigenvalue weighted by molar-refractivity contribution is 9.10. The largest absolute Gasteiger partial charge is 0.503 e. The molecule has 8 nitrogen and oxygen atoms in total. The van der Waals surface area contributed by atoms with Crippen LogP contribution < -0.4 is 9.64 Å². The molecule has 4 aliphatic rings. The van der Waals surface area contributed by atoms with Crippen molar-refractivity contribution in [1.29, 1.82) is 0 Å². The van der Waals surface area contributed by atoms with Crippen molar-refractivity contribution in [3.63, 3.8) is 0 Å². The lowest BCUT2D eigenvalue weighted by Gasteiger charge is -2.50. The molecule has 0 aromatic heterocycles. The van der Waals surface area contributed by atoms with Gasteiger partial charge in [-0.1, -0.05) is 59.6 Å². The molecule has 7 rings (SSSR count). The fourth-order valence-corrected chi connectivity index (χ4v) is 9.06. The SMILES string of the molecule is CCN1C(=O)[C@H]2[C@H](CC=C3[C@H]2C[C@H]2C(=O)N(c4cccc(Cl)c4)C(=O)[C@@]2(c2ccccc2)[C@H]3c2cc(Br)c(O)c(OC)c2)C1=O. The molecule has 2 saturated heterocycles. The minimum Gasteiger partial charge on any atom is -0.503 e. The summed E-state index contributed by atoms with van der Waals surface area (Å²) in [6.45, 7) is 2.06. The summed E-state index contributed by atoms with van der Waals surface area (Å²) in [5.41, 5.74) is 1.09. The number of imide groups is 2. The van der Waals surface area contributed by atoms with Gasteiger partial charge in [-0.3, -0.25) is 24.1 Å². The zero-order valence-electron chi connectivity index (χ0n) is 24.6. The molecule has 0 bridgehead atoms. The molecule has 230 valence electrons. The molecule has 45 heavy (non-hydrogen) atoms. The highest BCUT2D eigenvalue weighted by Gasteiger charge is 2.70. The fraction of sp³-hybridized carbons (Fsp3) is 0.314. The number of anilines is 1. The van der Waals surface area contributed by atoms with Crippen LogP contribution in [0.4, 0.5) is 5.69 Å². The van der Waals surface area contributed by atoms with E-state index in [1.165, 1.54) is 16.9 Å². The Kier molecular flexibility index (Phi) is 7.17. The lowest BCUT2D eigenvalue weighted by Crippen LogP contribution is -2.53. The van der Waals surface area contributed by atoms with Gasteiger partial charge in [-0.05, 0) is 83.1 Å². The van der Waals surface area contributed by atoms with Gasteiger partial charge in [-0.25, -0.2) is 4.90 Å². The number of hydrogen-bond acceptors (Lipinski definition) is 6. The van der Waals surface area contributed by atoms with E-state index in [1.54, 1.807) is 43.3 Å². The van der Waals surface area contributed by atoms with Crippen LogP contribution in [0.2, 0.25) is 5.02 Å². The number of amides is 4. The smallest absolute Gasteiger partial charge is 0.246 e. The predicted molar refractivity (Wildman–Crippen MR) is 171 cm³/mol. The molecule has 2 aliphatic carbocycles. The molecular formula is C35H30BrClN2O6. The molecule has 1 saturated carbocycles. The average molecular weight is 690 g/mol. The van der Waals surface area contributed by atoms with Gasteiger partial charge in [-0.15, -0.1) is 0 Å². The number of ether oxygens (including phenoxy) is 1. The summed E-state index contributed by atoms with van der Waals surface area (Å²) in [5, 5.41) is 11.1. The molecule has 4 amide bonds. The lowest BCUT2D eigenvalue weighted by atomic mass is 9.49. The number of phenols is 1. The Morgan fingerprint density at radius 3 is 2.42 bits per heavy atom. The number of rotatable bonds is 5. The van der Waals surface area contributed by atoms with Gasteiger partial charge in [0, 0.05) is 17.5 Å². The van der Waals surface area contributed by atoms with Crippen molar-refractivity contribution in [2.45, 2.75) is 31.1 Å². The molecule has 3 aromatic carbocycles. The number of benzene rings is 3. The van der Waals surface area contributed by atoms with Gasteiger partial charge in [0.25, 0.3) is 0 Å². The molecule has 0 unspecified atom stereocenters. The summed E-state index contributed by atoms with van der Waals surface area (Å²) in [5.74, 6) is -4.32. The monoisotopic (exact) mass is 688 g/mol. The summed E-state index contributed by atoms with van der Waals surface area (Å²) in [7, 11) is 1.45. The third kappa shape index (κ3) is 4.09. The lowest BCUT2D eigenvalue weighted by molar-refractivity contribution is -0.140. The van der Waals surface area contributed by atoms with E-state index >= 15 is 4.79 Å². The second kappa shape index (κ2) is 10.8. The van der Waals surface area contributed by atoms with E-state index in [0.29, 0.717) is 32.7 Å². The molecule has 3 aromatic rings. The number of hydrogen-bond donors (Lipinski definition) is 1. The Hall–Kier alpha value is -3.95. The third-order valence-electron chi connectivity index (χ3n) is 10.2. The van der Waals surface area contributed by atoms with Gasteiger partial charge >= 0.3 is 0 Å². The van der Waals surface area contributed by atoms with Crippen molar-refractivity contribution >= 4 is 56.8 Å². The number of methoxy groups -OCH3 is 1. The maximum atomic E-state index is 15.2. The standard InChI is InChI=1S/C35H30BrClN2O6/c1-3-38-31(41)23-13-12-22-24(28(23)33(38)43)17-25-32(42)39(21-11-7-10-20(37)16-21)34(44)35(25,19-8-5-4-6-9-19)29(22)18-14-26(36)30(40)27(15-18)45-2/h4-12,14-16,23-25,28-29,40H,3,13,17H2,1-2H3/t23-,24+,25-,28-,29-,35+/m0/s1. The number of likely N-dealkylation sites (tertiary alicyclic amines) is 1. The number of phenolic OH excluding ortho intramolecular Hbond substituents is 1. The molecule has 1 N–H and O–H groups in total. The number of nitrogens with zero attached hydrogens (tertiary/aromatic N) is 2. The second-order valence-corrected chi connectivity index (χ2v) is 13.4. The molecule has 10 heteroatoms. The number of halogens is 2. The quantitative estimate of drug-likeness (QED) is 0.261. The molecular weight excluding hydrogens is 660 g/mol. The van der Waals surface area contributed by atoms with Gasteiger partial charge in [0.2, 0.25) is 23.6 Å². The van der Waals surface area contributed by atoms with Crippen molar-refractivity contribution in [2.75, 3.05) is 18.6 Å². The van der Waals surface area contributed by atoms with E-state index in [9.17, 15) is 19.5 Å². The van der Waals surface area contributed by atoms with Gasteiger partial charge in [-0.2, -0.15) is 0 Å². The Balaban J connectivity index is 1.53. The zero-order chi connectivity index (χ0) is 31.8. The van der Waals surface area contributed by atoms with Crippen LogP contribution in [0.25, 0.3) is 0 Å². The van der Waals surface area contributed by atoms with E-state index in [0.717, 1.165) is 5.57 Å². The number of allylic oxidation sites excluding steroid dienone is 2. The predicted octanol–water partition coefficient (Wildman–Crippen LogP) is 6.00. The van der Waals surface area contributed by atoms with Crippen molar-refractivity contribution in [3.05, 3.63) is 99.0 Å². The first-order chi connectivity index (χ1) is 21.6. The van der Waals surface area contributed by atoms with Crippen LogP contribution in [0.1, 0.15) is 36.8 Å². The first-order valence-corrected chi connectivity index (χ1v) is 16.1. The van der Waals surface area contributed by atoms with Crippen LogP contribution in [0.15, 0.2) is 82.9 Å². The van der Waals surface area contributed by atoms with Crippen molar-refractivity contribution < 1.29 is 29.0 Å². The Bertz CT molecular complexity index is 1810. The second-order valence-electron chi connectivity index (χ2n) is 12.1. The highest BCUT2D eigenvalue weighted by atomic mass is 79.9. The van der Waals surface area contributed by atoms with Crippen LogP contribution in [-0.2, 0) is 24.6 Å². The van der Waals surface area contributed by atoms with Crippen LogP contribution >= 0.6 is 27.5 Å². The van der Waals surface area contributed by atoms with E-state index in [-0.39, 0.29) is 42.2 Å². The summed E-state index contributed by atoms with van der Waals surface area (Å²) in [4.78, 5) is 59.6. The van der Waals surface area contributed by atoms with E-state index in [2.05, 4.69) is 15.9 Å². The molecule has 2 heterocycles. The fourth-order valence-electron chi connectivity index (χ4n) is 8.41. The minimum atomic E-state index is -1.41. The number of aromatic hydroxyl groups is 1. The summed E-state index contributed by atoms with van der Waals surface area (Å²) in [6.07, 6.45) is 2.57. The van der Waals surface area contributed by atoms with Gasteiger partial charge in [0.1, 0.15) is 0 Å². The van der Waals surface area contributed by atoms with Gasteiger partial charge in [0.05, 0.1) is 40.4 Å². The Morgan fingerprint density at radius 1 is 0.978 bits per heavy atom. The van der Waals surface area contributed by atoms with Crippen LogP contribution in [-0.4, -0.2) is 47.3 Å². The Labute approximate surface area is 273 Å². The average Bonchev–Trinajstić information content (AvgIpc) is 3.42. The molecule has 0 spiro atoms. The number of fused-ring (bicyclic) bond motifs is 4. The number of carbonyl (C=O) groups is 4. The van der Waals surface area contributed by atoms with E-state index < -0.39 is 40.9 Å². The maximum Gasteiger partial charge on any atom is 0.246 e. The van der Waals surface area contributed by atoms with Crippen LogP contribution in [0.5, 0.6) is 11.5 Å². The molecule has 2 aliphatic heterocycles. The summed E-state index contributed by atoms with van der Waals surface area (Å²) in [6, 6.07) is 19.4. The minimum absolute atomic E-state index is 0.0962. The first kappa shape index (κ1) is 29.7. The molecule has 6 atom stereocenters. The zero-order valence-corrected chi connectivity index (χ0v) is 26.9. The molecule has 0 radical (unpaired) electrons. The molecule has 3 fully saturated rings. The van der Waals surface area contributed by atoms with E-state index in [4.69, 9.17) is 16.3 Å². The maximum absolute atomic E-state index is 15.2. The third-order valence-corrected chi connectivity index (χ3v) is 11.0. The number of carbonyl (C=O) groups excluding carboxylic acids is 4. The van der Waals surface area contributed by atoms with Gasteiger partial charge in [0.15, 0.2) is 11.5 Å². The normalized spacial score (nSPS) is 29.0.